The molecule has 0 aromatic heterocycles. The highest BCUT2D eigenvalue weighted by Crippen LogP contribution is 2.17. The SMILES string of the molecule is CCCCCC/C=C/CCCCCCCCc1ccc(OCC2CO2)cc1. The predicted octanol–water partition coefficient (Wildman–Crippen LogP) is 7.26. The van der Waals surface area contributed by atoms with Crippen molar-refractivity contribution in [1.29, 1.82) is 0 Å². The first kappa shape index (κ1) is 22.0. The maximum absolute atomic E-state index is 5.68. The highest BCUT2D eigenvalue weighted by atomic mass is 16.6. The van der Waals surface area contributed by atoms with E-state index in [1.807, 2.05) is 0 Å². The van der Waals surface area contributed by atoms with Crippen LogP contribution in [-0.2, 0) is 11.2 Å². The fourth-order valence-corrected chi connectivity index (χ4v) is 3.33. The summed E-state index contributed by atoms with van der Waals surface area (Å²) < 4.78 is 10.8. The largest absolute Gasteiger partial charge is 0.491 e. The Morgan fingerprint density at radius 1 is 0.852 bits per heavy atom. The van der Waals surface area contributed by atoms with Crippen molar-refractivity contribution in [3.05, 3.63) is 42.0 Å². The molecule has 2 heteroatoms. The van der Waals surface area contributed by atoms with Crippen LogP contribution in [0.25, 0.3) is 0 Å². The highest BCUT2D eigenvalue weighted by molar-refractivity contribution is 5.27. The molecule has 0 amide bonds. The molecular weight excluding hydrogens is 332 g/mol. The van der Waals surface area contributed by atoms with Crippen molar-refractivity contribution in [1.82, 2.24) is 0 Å². The second-order valence-electron chi connectivity index (χ2n) is 7.89. The standard InChI is InChI=1S/C25H40O2/c1-2-3-4-5-6-7-8-9-10-11-12-13-14-15-16-23-17-19-24(20-18-23)26-21-25-22-27-25/h7-8,17-20,25H,2-6,9-16,21-22H2,1H3/b8-7+. The van der Waals surface area contributed by atoms with Gasteiger partial charge >= 0.3 is 0 Å². The number of hydrogen-bond donors (Lipinski definition) is 0. The fourth-order valence-electron chi connectivity index (χ4n) is 3.33. The Bertz CT molecular complexity index is 488. The number of hydrogen-bond acceptors (Lipinski definition) is 2. The summed E-state index contributed by atoms with van der Waals surface area (Å²) in [7, 11) is 0. The molecule has 1 aromatic rings. The van der Waals surface area contributed by atoms with Gasteiger partial charge in [0.15, 0.2) is 0 Å². The van der Waals surface area contributed by atoms with E-state index in [-0.39, 0.29) is 0 Å². The number of epoxide rings is 1. The first-order chi connectivity index (χ1) is 13.4. The van der Waals surface area contributed by atoms with Gasteiger partial charge in [-0.05, 0) is 56.2 Å². The lowest BCUT2D eigenvalue weighted by molar-refractivity contribution is 0.263. The molecule has 0 N–H and O–H groups in total. The smallest absolute Gasteiger partial charge is 0.119 e. The molecule has 1 unspecified atom stereocenters. The number of ether oxygens (including phenoxy) is 2. The molecule has 2 nitrogen and oxygen atoms in total. The van der Waals surface area contributed by atoms with Gasteiger partial charge in [0, 0.05) is 0 Å². The summed E-state index contributed by atoms with van der Waals surface area (Å²) >= 11 is 0. The average molecular weight is 373 g/mol. The van der Waals surface area contributed by atoms with Crippen LogP contribution in [0.4, 0.5) is 0 Å². The van der Waals surface area contributed by atoms with Gasteiger partial charge in [-0.3, -0.25) is 0 Å². The maximum atomic E-state index is 5.68. The maximum Gasteiger partial charge on any atom is 0.119 e. The third-order valence-electron chi connectivity index (χ3n) is 5.24. The summed E-state index contributed by atoms with van der Waals surface area (Å²) in [6, 6.07) is 8.60. The van der Waals surface area contributed by atoms with Crippen molar-refractivity contribution < 1.29 is 9.47 Å². The van der Waals surface area contributed by atoms with E-state index in [1.54, 1.807) is 0 Å². The Morgan fingerprint density at radius 2 is 1.44 bits per heavy atom. The molecule has 27 heavy (non-hydrogen) atoms. The van der Waals surface area contributed by atoms with Crippen LogP contribution < -0.4 is 4.74 Å². The van der Waals surface area contributed by atoms with Crippen LogP contribution in [0.15, 0.2) is 36.4 Å². The van der Waals surface area contributed by atoms with Gasteiger partial charge in [0.05, 0.1) is 6.61 Å². The second-order valence-corrected chi connectivity index (χ2v) is 7.89. The van der Waals surface area contributed by atoms with Crippen LogP contribution in [0.2, 0.25) is 0 Å². The quantitative estimate of drug-likeness (QED) is 0.163. The number of unbranched alkanes of at least 4 members (excludes halogenated alkanes) is 10. The van der Waals surface area contributed by atoms with Crippen molar-refractivity contribution in [3.8, 4) is 5.75 Å². The molecule has 0 aliphatic carbocycles. The third-order valence-corrected chi connectivity index (χ3v) is 5.24. The van der Waals surface area contributed by atoms with E-state index in [9.17, 15) is 0 Å². The summed E-state index contributed by atoms with van der Waals surface area (Å²) in [5.41, 5.74) is 1.43. The molecular formula is C25H40O2. The van der Waals surface area contributed by atoms with E-state index < -0.39 is 0 Å². The van der Waals surface area contributed by atoms with E-state index in [0.717, 1.165) is 12.4 Å². The molecule has 1 aromatic carbocycles. The predicted molar refractivity (Wildman–Crippen MR) is 116 cm³/mol. The van der Waals surface area contributed by atoms with E-state index in [1.165, 1.54) is 89.0 Å². The lowest BCUT2D eigenvalue weighted by atomic mass is 10.0. The zero-order chi connectivity index (χ0) is 19.0. The summed E-state index contributed by atoms with van der Waals surface area (Å²) in [5, 5.41) is 0. The number of allylic oxidation sites excluding steroid dienone is 2. The van der Waals surface area contributed by atoms with Gasteiger partial charge in [-0.1, -0.05) is 76.2 Å². The second kappa shape index (κ2) is 14.7. The third kappa shape index (κ3) is 11.9. The molecule has 1 atom stereocenters. The van der Waals surface area contributed by atoms with Crippen molar-refractivity contribution in [3.63, 3.8) is 0 Å². The van der Waals surface area contributed by atoms with E-state index in [0.29, 0.717) is 12.7 Å². The first-order valence-electron chi connectivity index (χ1n) is 11.4. The fraction of sp³-hybridized carbons (Fsp3) is 0.680. The summed E-state index contributed by atoms with van der Waals surface area (Å²) in [6.45, 7) is 3.82. The Morgan fingerprint density at radius 3 is 2.07 bits per heavy atom. The van der Waals surface area contributed by atoms with Gasteiger partial charge in [-0.15, -0.1) is 0 Å². The molecule has 1 aliphatic rings. The molecule has 0 saturated carbocycles. The molecule has 1 aliphatic heterocycles. The molecule has 1 fully saturated rings. The monoisotopic (exact) mass is 372 g/mol. The Balaban J connectivity index is 1.36. The van der Waals surface area contributed by atoms with Crippen LogP contribution in [0.1, 0.15) is 89.5 Å². The summed E-state index contributed by atoms with van der Waals surface area (Å²) in [6.07, 6.45) is 22.5. The lowest BCUT2D eigenvalue weighted by Gasteiger charge is -2.06. The van der Waals surface area contributed by atoms with Gasteiger partial charge in [-0.2, -0.15) is 0 Å². The highest BCUT2D eigenvalue weighted by Gasteiger charge is 2.22. The van der Waals surface area contributed by atoms with Crippen molar-refractivity contribution in [2.45, 2.75) is 96.5 Å². The number of aryl methyl sites for hydroxylation is 1. The topological polar surface area (TPSA) is 21.8 Å². The first-order valence-corrected chi connectivity index (χ1v) is 11.4. The van der Waals surface area contributed by atoms with Crippen LogP contribution in [0.5, 0.6) is 5.75 Å². The van der Waals surface area contributed by atoms with Crippen LogP contribution in [-0.4, -0.2) is 19.3 Å². The molecule has 2 rings (SSSR count). The molecule has 0 radical (unpaired) electrons. The molecule has 152 valence electrons. The van der Waals surface area contributed by atoms with Gasteiger partial charge in [-0.25, -0.2) is 0 Å². The van der Waals surface area contributed by atoms with E-state index in [2.05, 4.69) is 43.3 Å². The molecule has 1 saturated heterocycles. The van der Waals surface area contributed by atoms with Crippen molar-refractivity contribution in [2.75, 3.05) is 13.2 Å². The summed E-state index contributed by atoms with van der Waals surface area (Å²) in [5.74, 6) is 0.962. The molecule has 0 spiro atoms. The van der Waals surface area contributed by atoms with Gasteiger partial charge in [0.25, 0.3) is 0 Å². The van der Waals surface area contributed by atoms with Crippen LogP contribution >= 0.6 is 0 Å². The zero-order valence-corrected chi connectivity index (χ0v) is 17.5. The van der Waals surface area contributed by atoms with Gasteiger partial charge in [0.1, 0.15) is 18.5 Å². The minimum atomic E-state index is 0.330. The number of benzene rings is 1. The lowest BCUT2D eigenvalue weighted by Crippen LogP contribution is -2.03. The van der Waals surface area contributed by atoms with Gasteiger partial charge < -0.3 is 9.47 Å². The van der Waals surface area contributed by atoms with Crippen LogP contribution in [0.3, 0.4) is 0 Å². The molecule has 0 bridgehead atoms. The normalized spacial score (nSPS) is 16.1. The Hall–Kier alpha value is -1.28. The zero-order valence-electron chi connectivity index (χ0n) is 17.5. The van der Waals surface area contributed by atoms with Crippen LogP contribution in [0, 0.1) is 0 Å². The van der Waals surface area contributed by atoms with Crippen molar-refractivity contribution in [2.24, 2.45) is 0 Å². The van der Waals surface area contributed by atoms with Crippen molar-refractivity contribution >= 4 is 0 Å². The average Bonchev–Trinajstić information content (AvgIpc) is 3.52. The van der Waals surface area contributed by atoms with E-state index in [4.69, 9.17) is 9.47 Å². The van der Waals surface area contributed by atoms with Gasteiger partial charge in [0.2, 0.25) is 0 Å². The minimum absolute atomic E-state index is 0.330. The number of rotatable bonds is 17. The summed E-state index contributed by atoms with van der Waals surface area (Å²) in [4.78, 5) is 0. The Kier molecular flexibility index (Phi) is 12.0. The Labute approximate surface area is 167 Å². The molecule has 1 heterocycles. The minimum Gasteiger partial charge on any atom is -0.491 e. The van der Waals surface area contributed by atoms with E-state index >= 15 is 0 Å².